The first kappa shape index (κ1) is 16.9. The van der Waals surface area contributed by atoms with Crippen molar-refractivity contribution in [3.63, 3.8) is 0 Å². The molecule has 0 saturated carbocycles. The summed E-state index contributed by atoms with van der Waals surface area (Å²) in [4.78, 5) is 11.3. The predicted molar refractivity (Wildman–Crippen MR) is 92.6 cm³/mol. The van der Waals surface area contributed by atoms with Gasteiger partial charge in [0, 0.05) is 11.8 Å². The number of carbonyl (C=O) groups is 1. The zero-order valence-corrected chi connectivity index (χ0v) is 14.7. The predicted octanol–water partition coefficient (Wildman–Crippen LogP) is 3.30. The fourth-order valence-corrected chi connectivity index (χ4v) is 4.21. The molecule has 0 spiro atoms. The van der Waals surface area contributed by atoms with E-state index in [-0.39, 0.29) is 33.0 Å². The molecule has 0 atom stereocenters. The summed E-state index contributed by atoms with van der Waals surface area (Å²) in [6.07, 6.45) is 0.106. The van der Waals surface area contributed by atoms with Crippen molar-refractivity contribution < 1.29 is 17.9 Å². The van der Waals surface area contributed by atoms with E-state index in [2.05, 4.69) is 10.0 Å². The molecule has 2 aromatic rings. The molecule has 9 heteroatoms. The molecule has 2 N–H and O–H groups in total. The first-order valence-electron chi connectivity index (χ1n) is 6.79. The Morgan fingerprint density at radius 1 is 1.17 bits per heavy atom. The minimum Gasteiger partial charge on any atom is -0.497 e. The molecule has 0 saturated heterocycles. The van der Waals surface area contributed by atoms with E-state index in [1.165, 1.54) is 31.4 Å². The molecular formula is C15H12Cl2N2O4S. The fourth-order valence-electron chi connectivity index (χ4n) is 2.34. The Morgan fingerprint density at radius 2 is 1.92 bits per heavy atom. The van der Waals surface area contributed by atoms with E-state index in [1.807, 2.05) is 0 Å². The average Bonchev–Trinajstić information content (AvgIpc) is 2.87. The van der Waals surface area contributed by atoms with Crippen LogP contribution in [0.4, 0.5) is 11.4 Å². The Hall–Kier alpha value is -1.96. The Balaban J connectivity index is 2.00. The molecule has 1 heterocycles. The third-order valence-corrected chi connectivity index (χ3v) is 5.65. The zero-order chi connectivity index (χ0) is 17.5. The highest BCUT2D eigenvalue weighted by molar-refractivity contribution is 7.92. The van der Waals surface area contributed by atoms with Crippen molar-refractivity contribution in [3.8, 4) is 5.75 Å². The van der Waals surface area contributed by atoms with Gasteiger partial charge in [-0.15, -0.1) is 0 Å². The Labute approximate surface area is 148 Å². The number of carbonyl (C=O) groups excluding carboxylic acids is 1. The van der Waals surface area contributed by atoms with E-state index < -0.39 is 10.0 Å². The van der Waals surface area contributed by atoms with E-state index >= 15 is 0 Å². The Kier molecular flexibility index (Phi) is 4.33. The topological polar surface area (TPSA) is 84.5 Å². The number of ether oxygens (including phenoxy) is 1. The summed E-state index contributed by atoms with van der Waals surface area (Å²) in [7, 11) is -2.53. The molecule has 1 aliphatic rings. The monoisotopic (exact) mass is 386 g/mol. The van der Waals surface area contributed by atoms with Crippen molar-refractivity contribution in [3.05, 3.63) is 45.9 Å². The van der Waals surface area contributed by atoms with Crippen molar-refractivity contribution in [1.29, 1.82) is 0 Å². The second-order valence-corrected chi connectivity index (χ2v) is 7.58. The molecule has 0 aliphatic carbocycles. The minimum atomic E-state index is -3.99. The molecule has 3 rings (SSSR count). The van der Waals surface area contributed by atoms with Crippen molar-refractivity contribution >= 4 is 50.5 Å². The third kappa shape index (κ3) is 3.15. The first-order chi connectivity index (χ1) is 11.3. The van der Waals surface area contributed by atoms with Crippen LogP contribution in [0.3, 0.4) is 0 Å². The van der Waals surface area contributed by atoms with Crippen LogP contribution < -0.4 is 14.8 Å². The van der Waals surface area contributed by atoms with Gasteiger partial charge >= 0.3 is 0 Å². The van der Waals surface area contributed by atoms with Gasteiger partial charge in [-0.1, -0.05) is 23.2 Å². The first-order valence-corrected chi connectivity index (χ1v) is 9.02. The molecule has 126 valence electrons. The molecule has 1 aliphatic heterocycles. The van der Waals surface area contributed by atoms with Gasteiger partial charge in [0.05, 0.1) is 29.3 Å². The van der Waals surface area contributed by atoms with Gasteiger partial charge in [0.2, 0.25) is 5.91 Å². The fraction of sp³-hybridized carbons (Fsp3) is 0.133. The van der Waals surface area contributed by atoms with Gasteiger partial charge in [0.1, 0.15) is 10.6 Å². The summed E-state index contributed by atoms with van der Waals surface area (Å²) < 4.78 is 32.8. The quantitative estimate of drug-likeness (QED) is 0.843. The molecule has 0 unspecified atom stereocenters. The molecular weight excluding hydrogens is 375 g/mol. The number of methoxy groups -OCH3 is 1. The van der Waals surface area contributed by atoms with Crippen LogP contribution in [0.2, 0.25) is 10.0 Å². The lowest BCUT2D eigenvalue weighted by Gasteiger charge is -2.13. The molecule has 1 amide bonds. The summed E-state index contributed by atoms with van der Waals surface area (Å²) in [6, 6.07) is 7.40. The minimum absolute atomic E-state index is 0.00229. The number of rotatable bonds is 4. The van der Waals surface area contributed by atoms with Gasteiger partial charge in [0.25, 0.3) is 10.0 Å². The highest BCUT2D eigenvalue weighted by Crippen LogP contribution is 2.34. The van der Waals surface area contributed by atoms with E-state index in [1.54, 1.807) is 6.07 Å². The number of amides is 1. The van der Waals surface area contributed by atoms with Gasteiger partial charge in [-0.3, -0.25) is 9.52 Å². The maximum absolute atomic E-state index is 12.7. The van der Waals surface area contributed by atoms with Gasteiger partial charge in [0.15, 0.2) is 0 Å². The van der Waals surface area contributed by atoms with Crippen molar-refractivity contribution in [2.45, 2.75) is 11.3 Å². The van der Waals surface area contributed by atoms with Crippen LogP contribution in [0.25, 0.3) is 0 Å². The van der Waals surface area contributed by atoms with Crippen molar-refractivity contribution in [2.24, 2.45) is 0 Å². The standard InChI is InChI=1S/C15H12Cl2N2O4S/c1-23-9-2-3-10(16)13(6-9)19-24(21,22)14-4-8-5-15(20)18-12(8)7-11(14)17/h2-4,6-7,19H,5H2,1H3,(H,18,20). The summed E-state index contributed by atoms with van der Waals surface area (Å²) in [5.74, 6) is 0.242. The van der Waals surface area contributed by atoms with Gasteiger partial charge in [-0.05, 0) is 29.8 Å². The number of fused-ring (bicyclic) bond motifs is 1. The second kappa shape index (κ2) is 6.16. The summed E-state index contributed by atoms with van der Waals surface area (Å²) in [5.41, 5.74) is 1.26. The number of halogens is 2. The zero-order valence-electron chi connectivity index (χ0n) is 12.4. The molecule has 0 radical (unpaired) electrons. The van der Waals surface area contributed by atoms with Gasteiger partial charge < -0.3 is 10.1 Å². The van der Waals surface area contributed by atoms with E-state index in [9.17, 15) is 13.2 Å². The van der Waals surface area contributed by atoms with Crippen LogP contribution in [-0.4, -0.2) is 21.4 Å². The van der Waals surface area contributed by atoms with Crippen LogP contribution in [0.5, 0.6) is 5.75 Å². The van der Waals surface area contributed by atoms with Crippen LogP contribution in [-0.2, 0) is 21.2 Å². The smallest absolute Gasteiger partial charge is 0.263 e. The second-order valence-electron chi connectivity index (χ2n) is 5.12. The van der Waals surface area contributed by atoms with E-state index in [0.717, 1.165) is 0 Å². The molecule has 0 fully saturated rings. The van der Waals surface area contributed by atoms with Gasteiger partial charge in [-0.2, -0.15) is 0 Å². The highest BCUT2D eigenvalue weighted by atomic mass is 35.5. The lowest BCUT2D eigenvalue weighted by Crippen LogP contribution is -2.14. The number of sulfonamides is 1. The summed E-state index contributed by atoms with van der Waals surface area (Å²) in [5, 5.41) is 2.83. The number of nitrogens with one attached hydrogen (secondary N) is 2. The highest BCUT2D eigenvalue weighted by Gasteiger charge is 2.25. The normalized spacial score (nSPS) is 13.4. The van der Waals surface area contributed by atoms with E-state index in [0.29, 0.717) is 17.0 Å². The number of hydrogen-bond acceptors (Lipinski definition) is 4. The lowest BCUT2D eigenvalue weighted by molar-refractivity contribution is -0.115. The molecule has 0 aromatic heterocycles. The maximum atomic E-state index is 12.7. The van der Waals surface area contributed by atoms with E-state index in [4.69, 9.17) is 27.9 Å². The third-order valence-electron chi connectivity index (χ3n) is 3.49. The summed E-state index contributed by atoms with van der Waals surface area (Å²) in [6.45, 7) is 0. The van der Waals surface area contributed by atoms with Crippen molar-refractivity contribution in [1.82, 2.24) is 0 Å². The number of hydrogen-bond donors (Lipinski definition) is 2. The molecule has 24 heavy (non-hydrogen) atoms. The number of anilines is 2. The lowest BCUT2D eigenvalue weighted by atomic mass is 10.2. The van der Waals surface area contributed by atoms with Crippen LogP contribution in [0.15, 0.2) is 35.2 Å². The van der Waals surface area contributed by atoms with Crippen molar-refractivity contribution in [2.75, 3.05) is 17.1 Å². The largest absolute Gasteiger partial charge is 0.497 e. The Morgan fingerprint density at radius 3 is 2.62 bits per heavy atom. The average molecular weight is 387 g/mol. The molecule has 2 aromatic carbocycles. The molecule has 6 nitrogen and oxygen atoms in total. The maximum Gasteiger partial charge on any atom is 0.263 e. The molecule has 0 bridgehead atoms. The van der Waals surface area contributed by atoms with Crippen LogP contribution in [0.1, 0.15) is 5.56 Å². The Bertz CT molecular complexity index is 945. The SMILES string of the molecule is COc1ccc(Cl)c(NS(=O)(=O)c2cc3c(cc2Cl)NC(=O)C3)c1. The summed E-state index contributed by atoms with van der Waals surface area (Å²) >= 11 is 12.1. The van der Waals surface area contributed by atoms with Gasteiger partial charge in [-0.25, -0.2) is 8.42 Å². The van der Waals surface area contributed by atoms with Crippen LogP contribution in [0, 0.1) is 0 Å². The number of benzene rings is 2. The van der Waals surface area contributed by atoms with Crippen LogP contribution >= 0.6 is 23.2 Å².